The number of amides is 2. The molecule has 0 spiro atoms. The average Bonchev–Trinajstić information content (AvgIpc) is 3.28. The Hall–Kier alpha value is -2.74. The van der Waals surface area contributed by atoms with Gasteiger partial charge in [-0.15, -0.1) is 11.3 Å². The van der Waals surface area contributed by atoms with Gasteiger partial charge >= 0.3 is 5.97 Å². The highest BCUT2D eigenvalue weighted by molar-refractivity contribution is 7.10. The van der Waals surface area contributed by atoms with E-state index in [4.69, 9.17) is 4.74 Å². The molecule has 1 aliphatic heterocycles. The molecule has 2 amide bonds. The van der Waals surface area contributed by atoms with E-state index in [-0.39, 0.29) is 42.0 Å². The predicted molar refractivity (Wildman–Crippen MR) is 130 cm³/mol. The van der Waals surface area contributed by atoms with Gasteiger partial charge in [-0.2, -0.15) is 0 Å². The van der Waals surface area contributed by atoms with Crippen LogP contribution in [0.3, 0.4) is 0 Å². The maximum Gasteiger partial charge on any atom is 0.306 e. The lowest BCUT2D eigenvalue weighted by molar-refractivity contribution is -0.145. The fourth-order valence-electron chi connectivity index (χ4n) is 3.99. The zero-order valence-corrected chi connectivity index (χ0v) is 20.7. The predicted octanol–water partition coefficient (Wildman–Crippen LogP) is 4.74. The van der Waals surface area contributed by atoms with Gasteiger partial charge in [-0.05, 0) is 36.8 Å². The number of para-hydroxylation sites is 1. The zero-order valence-electron chi connectivity index (χ0n) is 19.8. The third-order valence-corrected chi connectivity index (χ3v) is 6.79. The normalized spacial score (nSPS) is 14.7. The summed E-state index contributed by atoms with van der Waals surface area (Å²) in [6.07, 6.45) is 1.90. The minimum Gasteiger partial charge on any atom is -0.466 e. The molecule has 0 aliphatic carbocycles. The number of ether oxygens (including phenoxy) is 1. The summed E-state index contributed by atoms with van der Waals surface area (Å²) in [7, 11) is 0. The maximum atomic E-state index is 12.8. The van der Waals surface area contributed by atoms with Crippen molar-refractivity contribution in [1.29, 1.82) is 0 Å². The summed E-state index contributed by atoms with van der Waals surface area (Å²) in [5.41, 5.74) is 2.22. The van der Waals surface area contributed by atoms with Gasteiger partial charge in [-0.25, -0.2) is 4.98 Å². The van der Waals surface area contributed by atoms with E-state index in [0.29, 0.717) is 25.4 Å². The van der Waals surface area contributed by atoms with Gasteiger partial charge in [-0.3, -0.25) is 14.4 Å². The summed E-state index contributed by atoms with van der Waals surface area (Å²) >= 11 is 1.50. The molecule has 1 aromatic heterocycles. The van der Waals surface area contributed by atoms with E-state index in [0.717, 1.165) is 29.1 Å². The van der Waals surface area contributed by atoms with Crippen LogP contribution in [0.1, 0.15) is 80.4 Å². The van der Waals surface area contributed by atoms with E-state index < -0.39 is 0 Å². The summed E-state index contributed by atoms with van der Waals surface area (Å²) < 4.78 is 4.89. The van der Waals surface area contributed by atoms with Crippen LogP contribution in [-0.2, 0) is 19.7 Å². The number of anilines is 1. The fourth-order valence-corrected chi connectivity index (χ4v) is 4.96. The zero-order chi connectivity index (χ0) is 24.0. The first-order valence-corrected chi connectivity index (χ1v) is 12.4. The number of hydrogen-bond donors (Lipinski definition) is 1. The Morgan fingerprint density at radius 1 is 1.15 bits per heavy atom. The molecule has 2 heterocycles. The average molecular weight is 472 g/mol. The topological polar surface area (TPSA) is 88.6 Å². The first-order valence-electron chi connectivity index (χ1n) is 11.5. The number of nitrogens with one attached hydrogen (secondary N) is 1. The molecule has 178 valence electrons. The van der Waals surface area contributed by atoms with E-state index in [1.165, 1.54) is 11.3 Å². The molecule has 8 heteroatoms. The van der Waals surface area contributed by atoms with Crippen molar-refractivity contribution in [3.8, 4) is 0 Å². The molecule has 7 nitrogen and oxygen atoms in total. The number of carbonyl (C=O) groups excluding carboxylic acids is 3. The van der Waals surface area contributed by atoms with E-state index in [2.05, 4.69) is 31.1 Å². The highest BCUT2D eigenvalue weighted by Gasteiger charge is 2.27. The number of carbonyl (C=O) groups is 3. The molecule has 2 aromatic rings. The second kappa shape index (κ2) is 10.9. The Bertz CT molecular complexity index is 988. The Balaban J connectivity index is 1.55. The minimum absolute atomic E-state index is 0.0155. The van der Waals surface area contributed by atoms with Crippen LogP contribution in [0.4, 0.5) is 5.69 Å². The Kier molecular flexibility index (Phi) is 8.24. The monoisotopic (exact) mass is 471 g/mol. The SMILES string of the molecule is CCOC(=O)CCC(=O)N1CCC(c2nc(C(=O)Nc3ccccc3C(C)(C)C)cs2)CC1. The Labute approximate surface area is 199 Å². The van der Waals surface area contributed by atoms with Crippen LogP contribution in [0.2, 0.25) is 0 Å². The van der Waals surface area contributed by atoms with Crippen molar-refractivity contribution in [3.05, 3.63) is 45.9 Å². The molecule has 1 aromatic carbocycles. The third-order valence-electron chi connectivity index (χ3n) is 5.78. The molecule has 1 aliphatic rings. The van der Waals surface area contributed by atoms with Crippen molar-refractivity contribution >= 4 is 34.8 Å². The van der Waals surface area contributed by atoms with Crippen LogP contribution in [-0.4, -0.2) is 47.4 Å². The van der Waals surface area contributed by atoms with Crippen molar-refractivity contribution in [2.24, 2.45) is 0 Å². The number of esters is 1. The van der Waals surface area contributed by atoms with Crippen LogP contribution in [0, 0.1) is 0 Å². The van der Waals surface area contributed by atoms with Crippen molar-refractivity contribution in [1.82, 2.24) is 9.88 Å². The lowest BCUT2D eigenvalue weighted by atomic mass is 9.86. The molecule has 0 atom stereocenters. The third kappa shape index (κ3) is 6.63. The second-order valence-electron chi connectivity index (χ2n) is 9.28. The molecule has 1 fully saturated rings. The van der Waals surface area contributed by atoms with E-state index in [1.54, 1.807) is 17.2 Å². The first-order chi connectivity index (χ1) is 15.7. The first kappa shape index (κ1) is 24.9. The van der Waals surface area contributed by atoms with Gasteiger partial charge in [0.15, 0.2) is 0 Å². The van der Waals surface area contributed by atoms with Gasteiger partial charge in [0.05, 0.1) is 18.0 Å². The smallest absolute Gasteiger partial charge is 0.306 e. The van der Waals surface area contributed by atoms with Gasteiger partial charge < -0.3 is 15.0 Å². The lowest BCUT2D eigenvalue weighted by Gasteiger charge is -2.31. The summed E-state index contributed by atoms with van der Waals surface area (Å²) in [5, 5.41) is 5.76. The van der Waals surface area contributed by atoms with E-state index >= 15 is 0 Å². The minimum atomic E-state index is -0.334. The quantitative estimate of drug-likeness (QED) is 0.589. The lowest BCUT2D eigenvalue weighted by Crippen LogP contribution is -2.38. The number of likely N-dealkylation sites (tertiary alicyclic amines) is 1. The van der Waals surface area contributed by atoms with Crippen LogP contribution in [0.5, 0.6) is 0 Å². The summed E-state index contributed by atoms with van der Waals surface area (Å²) in [6.45, 7) is 9.70. The summed E-state index contributed by atoms with van der Waals surface area (Å²) in [4.78, 5) is 43.1. The summed E-state index contributed by atoms with van der Waals surface area (Å²) in [6, 6.07) is 7.84. The van der Waals surface area contributed by atoms with Crippen molar-refractivity contribution in [2.45, 2.75) is 64.7 Å². The maximum absolute atomic E-state index is 12.8. The van der Waals surface area contributed by atoms with Gasteiger partial charge in [-0.1, -0.05) is 39.0 Å². The number of benzene rings is 1. The molecule has 33 heavy (non-hydrogen) atoms. The van der Waals surface area contributed by atoms with Gasteiger partial charge in [0, 0.05) is 36.5 Å². The van der Waals surface area contributed by atoms with Gasteiger partial charge in [0.25, 0.3) is 5.91 Å². The van der Waals surface area contributed by atoms with E-state index in [9.17, 15) is 14.4 Å². The highest BCUT2D eigenvalue weighted by Crippen LogP contribution is 2.32. The second-order valence-corrected chi connectivity index (χ2v) is 10.2. The molecular weight excluding hydrogens is 438 g/mol. The molecule has 0 bridgehead atoms. The van der Waals surface area contributed by atoms with E-state index in [1.807, 2.05) is 24.3 Å². The highest BCUT2D eigenvalue weighted by atomic mass is 32.1. The molecule has 1 N–H and O–H groups in total. The van der Waals surface area contributed by atoms with Crippen molar-refractivity contribution < 1.29 is 19.1 Å². The molecular formula is C25H33N3O4S. The van der Waals surface area contributed by atoms with Gasteiger partial charge in [0.2, 0.25) is 5.91 Å². The van der Waals surface area contributed by atoms with Crippen LogP contribution < -0.4 is 5.32 Å². The molecule has 0 saturated carbocycles. The Morgan fingerprint density at radius 2 is 1.85 bits per heavy atom. The van der Waals surface area contributed by atoms with Crippen LogP contribution in [0.15, 0.2) is 29.6 Å². The number of aromatic nitrogens is 1. The molecule has 0 radical (unpaired) electrons. The fraction of sp³-hybridized carbons (Fsp3) is 0.520. The molecule has 0 unspecified atom stereocenters. The summed E-state index contributed by atoms with van der Waals surface area (Å²) in [5.74, 6) is -0.328. The van der Waals surface area contributed by atoms with Crippen LogP contribution in [0.25, 0.3) is 0 Å². The molecule has 1 saturated heterocycles. The van der Waals surface area contributed by atoms with Crippen molar-refractivity contribution in [2.75, 3.05) is 25.0 Å². The Morgan fingerprint density at radius 3 is 2.52 bits per heavy atom. The molecule has 3 rings (SSSR count). The number of nitrogens with zero attached hydrogens (tertiary/aromatic N) is 2. The number of piperidine rings is 1. The van der Waals surface area contributed by atoms with Crippen LogP contribution >= 0.6 is 11.3 Å². The largest absolute Gasteiger partial charge is 0.466 e. The standard InChI is InChI=1S/C25H33N3O4S/c1-5-32-22(30)11-10-21(29)28-14-12-17(13-15-28)24-27-20(16-33-24)23(31)26-19-9-7-6-8-18(19)25(2,3)4/h6-9,16-17H,5,10-15H2,1-4H3,(H,26,31). The van der Waals surface area contributed by atoms with Gasteiger partial charge in [0.1, 0.15) is 5.69 Å². The number of rotatable bonds is 7. The number of thiazole rings is 1. The number of hydrogen-bond acceptors (Lipinski definition) is 6. The van der Waals surface area contributed by atoms with Crippen molar-refractivity contribution in [3.63, 3.8) is 0 Å².